The van der Waals surface area contributed by atoms with Gasteiger partial charge in [-0.25, -0.2) is 0 Å². The molecule has 2 aromatic carbocycles. The smallest absolute Gasteiger partial charge is 0.279 e. The molecule has 0 N–H and O–H groups in total. The Morgan fingerprint density at radius 1 is 1.24 bits per heavy atom. The van der Waals surface area contributed by atoms with E-state index in [4.69, 9.17) is 0 Å². The molecule has 3 aromatic rings. The van der Waals surface area contributed by atoms with Crippen LogP contribution < -0.4 is 4.80 Å². The summed E-state index contributed by atoms with van der Waals surface area (Å²) < 4.78 is 3.27. The molecule has 3 nitrogen and oxygen atoms in total. The highest BCUT2D eigenvalue weighted by Gasteiger charge is 2.10. The Bertz CT molecular complexity index is 983. The van der Waals surface area contributed by atoms with Gasteiger partial charge in [-0.05, 0) is 49.7 Å². The summed E-state index contributed by atoms with van der Waals surface area (Å²) in [6.45, 7) is 9.24. The fourth-order valence-electron chi connectivity index (χ4n) is 2.70. The number of fused-ring (bicyclic) bond motifs is 1. The SMILES string of the molecule is CCn1c(=NC(=O)c2cccc(SC(C)C)c2)sc2cc(C)ccc21. The van der Waals surface area contributed by atoms with Crippen LogP contribution in [0.1, 0.15) is 36.7 Å². The minimum atomic E-state index is -0.184. The number of aromatic nitrogens is 1. The molecule has 0 fully saturated rings. The highest BCUT2D eigenvalue weighted by Crippen LogP contribution is 2.24. The standard InChI is InChI=1S/C20H22N2OS2/c1-5-22-17-10-9-14(4)11-18(17)25-20(22)21-19(23)15-7-6-8-16(12-15)24-13(2)3/h6-13H,5H2,1-4H3. The Kier molecular flexibility index (Phi) is 5.45. The molecule has 0 aliphatic carbocycles. The molecule has 1 amide bonds. The molecule has 0 saturated carbocycles. The Morgan fingerprint density at radius 3 is 2.76 bits per heavy atom. The van der Waals surface area contributed by atoms with Crippen LogP contribution in [-0.2, 0) is 6.54 Å². The maximum atomic E-state index is 12.7. The van der Waals surface area contributed by atoms with Crippen molar-refractivity contribution in [2.45, 2.75) is 44.4 Å². The first-order chi connectivity index (χ1) is 12.0. The van der Waals surface area contributed by atoms with E-state index in [0.717, 1.165) is 26.5 Å². The molecule has 130 valence electrons. The lowest BCUT2D eigenvalue weighted by atomic mass is 10.2. The van der Waals surface area contributed by atoms with Crippen molar-refractivity contribution in [1.29, 1.82) is 0 Å². The first-order valence-electron chi connectivity index (χ1n) is 8.43. The van der Waals surface area contributed by atoms with Crippen LogP contribution in [0, 0.1) is 6.92 Å². The molecule has 0 aliphatic heterocycles. The van der Waals surface area contributed by atoms with Crippen LogP contribution in [-0.4, -0.2) is 15.7 Å². The first-order valence-corrected chi connectivity index (χ1v) is 10.1. The molecule has 1 heterocycles. The minimum absolute atomic E-state index is 0.184. The van der Waals surface area contributed by atoms with Crippen molar-refractivity contribution in [3.05, 3.63) is 58.4 Å². The van der Waals surface area contributed by atoms with Gasteiger partial charge in [0.05, 0.1) is 10.2 Å². The third-order valence-corrected chi connectivity index (χ3v) is 5.84. The van der Waals surface area contributed by atoms with Crippen molar-refractivity contribution in [3.63, 3.8) is 0 Å². The molecule has 0 saturated heterocycles. The van der Waals surface area contributed by atoms with Crippen molar-refractivity contribution >= 4 is 39.2 Å². The number of benzene rings is 2. The average Bonchev–Trinajstić information content (AvgIpc) is 2.90. The van der Waals surface area contributed by atoms with E-state index in [-0.39, 0.29) is 5.91 Å². The van der Waals surface area contributed by atoms with Crippen LogP contribution in [0.3, 0.4) is 0 Å². The van der Waals surface area contributed by atoms with Crippen LogP contribution >= 0.6 is 23.1 Å². The molecule has 5 heteroatoms. The number of amides is 1. The molecule has 0 bridgehead atoms. The Labute approximate surface area is 156 Å². The van der Waals surface area contributed by atoms with Crippen molar-refractivity contribution in [3.8, 4) is 0 Å². The molecular formula is C20H22N2OS2. The van der Waals surface area contributed by atoms with E-state index in [0.29, 0.717) is 10.8 Å². The zero-order valence-corrected chi connectivity index (χ0v) is 16.6. The molecular weight excluding hydrogens is 348 g/mol. The topological polar surface area (TPSA) is 34.4 Å². The van der Waals surface area contributed by atoms with Crippen LogP contribution in [0.25, 0.3) is 10.2 Å². The molecule has 0 atom stereocenters. The zero-order chi connectivity index (χ0) is 18.0. The van der Waals surface area contributed by atoms with E-state index in [2.05, 4.69) is 55.5 Å². The van der Waals surface area contributed by atoms with E-state index < -0.39 is 0 Å². The fourth-order valence-corrected chi connectivity index (χ4v) is 4.78. The molecule has 0 spiro atoms. The van der Waals surface area contributed by atoms with Gasteiger partial charge >= 0.3 is 0 Å². The second-order valence-corrected chi connectivity index (χ2v) is 8.87. The van der Waals surface area contributed by atoms with Gasteiger partial charge in [-0.3, -0.25) is 4.79 Å². The quantitative estimate of drug-likeness (QED) is 0.586. The monoisotopic (exact) mass is 370 g/mol. The van der Waals surface area contributed by atoms with Gasteiger partial charge in [0.15, 0.2) is 4.80 Å². The fraction of sp³-hybridized carbons (Fsp3) is 0.300. The molecule has 0 aliphatic rings. The van der Waals surface area contributed by atoms with Gasteiger partial charge in [0.2, 0.25) is 0 Å². The minimum Gasteiger partial charge on any atom is -0.317 e. The Balaban J connectivity index is 2.03. The van der Waals surface area contributed by atoms with Gasteiger partial charge in [0.1, 0.15) is 0 Å². The van der Waals surface area contributed by atoms with Crippen LogP contribution in [0.5, 0.6) is 0 Å². The van der Waals surface area contributed by atoms with Gasteiger partial charge in [0, 0.05) is 22.3 Å². The predicted molar refractivity (Wildman–Crippen MR) is 108 cm³/mol. The number of hydrogen-bond donors (Lipinski definition) is 0. The predicted octanol–water partition coefficient (Wildman–Crippen LogP) is 5.27. The second-order valence-electron chi connectivity index (χ2n) is 6.21. The summed E-state index contributed by atoms with van der Waals surface area (Å²) in [4.78, 5) is 19.0. The highest BCUT2D eigenvalue weighted by atomic mass is 32.2. The molecule has 1 aromatic heterocycles. The summed E-state index contributed by atoms with van der Waals surface area (Å²) in [5.74, 6) is -0.184. The van der Waals surface area contributed by atoms with E-state index in [1.165, 1.54) is 5.56 Å². The summed E-state index contributed by atoms with van der Waals surface area (Å²) >= 11 is 3.32. The second kappa shape index (κ2) is 7.58. The van der Waals surface area contributed by atoms with Gasteiger partial charge in [0.25, 0.3) is 5.91 Å². The number of carbonyl (C=O) groups is 1. The summed E-state index contributed by atoms with van der Waals surface area (Å²) in [5, 5.41) is 0.482. The number of carbonyl (C=O) groups excluding carboxylic acids is 1. The van der Waals surface area contributed by atoms with Crippen molar-refractivity contribution in [2.75, 3.05) is 0 Å². The van der Waals surface area contributed by atoms with Gasteiger partial charge < -0.3 is 4.57 Å². The number of nitrogens with zero attached hydrogens (tertiary/aromatic N) is 2. The summed E-state index contributed by atoms with van der Waals surface area (Å²) in [6.07, 6.45) is 0. The van der Waals surface area contributed by atoms with Crippen molar-refractivity contribution in [1.82, 2.24) is 4.57 Å². The third-order valence-electron chi connectivity index (χ3n) is 3.80. The van der Waals surface area contributed by atoms with E-state index in [9.17, 15) is 4.79 Å². The lowest BCUT2D eigenvalue weighted by molar-refractivity contribution is 0.0997. The normalized spacial score (nSPS) is 12.3. The van der Waals surface area contributed by atoms with E-state index in [1.807, 2.05) is 24.3 Å². The van der Waals surface area contributed by atoms with Crippen molar-refractivity contribution in [2.24, 2.45) is 4.99 Å². The Hall–Kier alpha value is -1.85. The molecule has 25 heavy (non-hydrogen) atoms. The zero-order valence-electron chi connectivity index (χ0n) is 14.9. The summed E-state index contributed by atoms with van der Waals surface area (Å²) in [6, 6.07) is 14.1. The maximum Gasteiger partial charge on any atom is 0.279 e. The van der Waals surface area contributed by atoms with Gasteiger partial charge in [-0.15, -0.1) is 11.8 Å². The highest BCUT2D eigenvalue weighted by molar-refractivity contribution is 7.99. The third kappa shape index (κ3) is 4.05. The summed E-state index contributed by atoms with van der Waals surface area (Å²) in [7, 11) is 0. The number of aryl methyl sites for hydroxylation is 2. The maximum absolute atomic E-state index is 12.7. The van der Waals surface area contributed by atoms with E-state index in [1.54, 1.807) is 23.1 Å². The average molecular weight is 371 g/mol. The largest absolute Gasteiger partial charge is 0.317 e. The molecule has 3 rings (SSSR count). The number of hydrogen-bond acceptors (Lipinski definition) is 3. The van der Waals surface area contributed by atoms with Crippen LogP contribution in [0.2, 0.25) is 0 Å². The van der Waals surface area contributed by atoms with Gasteiger partial charge in [-0.2, -0.15) is 4.99 Å². The first kappa shape index (κ1) is 18.0. The number of thiazole rings is 1. The van der Waals surface area contributed by atoms with Gasteiger partial charge in [-0.1, -0.05) is 37.3 Å². The molecule has 0 unspecified atom stereocenters. The number of rotatable bonds is 4. The molecule has 0 radical (unpaired) electrons. The number of thioether (sulfide) groups is 1. The lowest BCUT2D eigenvalue weighted by Gasteiger charge is -2.05. The summed E-state index contributed by atoms with van der Waals surface area (Å²) in [5.41, 5.74) is 2.99. The van der Waals surface area contributed by atoms with E-state index >= 15 is 0 Å². The van der Waals surface area contributed by atoms with Crippen molar-refractivity contribution < 1.29 is 4.79 Å². The Morgan fingerprint density at radius 2 is 2.04 bits per heavy atom. The van der Waals surface area contributed by atoms with Crippen LogP contribution in [0.4, 0.5) is 0 Å². The lowest BCUT2D eigenvalue weighted by Crippen LogP contribution is -2.15. The van der Waals surface area contributed by atoms with Crippen LogP contribution in [0.15, 0.2) is 52.4 Å².